The molecule has 0 fully saturated rings. The molecule has 0 radical (unpaired) electrons. The highest BCUT2D eigenvalue weighted by molar-refractivity contribution is 7.88. The first-order chi connectivity index (χ1) is 15.2. The zero-order chi connectivity index (χ0) is 24.7. The van der Waals surface area contributed by atoms with Crippen LogP contribution in [0.25, 0.3) is 0 Å². The van der Waals surface area contributed by atoms with E-state index in [0.717, 1.165) is 5.76 Å². The third-order valence-corrected chi connectivity index (χ3v) is 6.24. The van der Waals surface area contributed by atoms with Gasteiger partial charge in [-0.1, -0.05) is 32.3 Å². The van der Waals surface area contributed by atoms with E-state index in [1.165, 1.54) is 4.90 Å². The number of carbonyl (C=O) groups is 1. The molecule has 0 spiro atoms. The predicted molar refractivity (Wildman–Crippen MR) is 130 cm³/mol. The van der Waals surface area contributed by atoms with Gasteiger partial charge in [-0.15, -0.1) is 4.40 Å². The number of phenols is 1. The molecule has 1 aromatic carbocycles. The monoisotopic (exact) mass is 475 g/mol. The van der Waals surface area contributed by atoms with Gasteiger partial charge in [-0.2, -0.15) is 13.1 Å². The molecule has 0 bridgehead atoms. The molecule has 10 nitrogen and oxygen atoms in total. The van der Waals surface area contributed by atoms with Gasteiger partial charge in [0.2, 0.25) is 0 Å². The maximum absolute atomic E-state index is 12.5. The second kappa shape index (κ2) is 8.84. The number of anilines is 1. The van der Waals surface area contributed by atoms with Crippen LogP contribution in [-0.4, -0.2) is 58.3 Å². The van der Waals surface area contributed by atoms with Crippen molar-refractivity contribution in [2.45, 2.75) is 39.9 Å². The molecule has 2 heterocycles. The summed E-state index contributed by atoms with van der Waals surface area (Å²) in [5.74, 6) is 0.775. The van der Waals surface area contributed by atoms with Gasteiger partial charge in [0.05, 0.1) is 17.3 Å². The Kier molecular flexibility index (Phi) is 6.65. The van der Waals surface area contributed by atoms with Crippen LogP contribution in [0.5, 0.6) is 5.75 Å². The second-order valence-electron chi connectivity index (χ2n) is 9.39. The van der Waals surface area contributed by atoms with Crippen molar-refractivity contribution in [3.05, 3.63) is 41.3 Å². The van der Waals surface area contributed by atoms with E-state index in [4.69, 9.17) is 4.42 Å². The highest BCUT2D eigenvalue weighted by Crippen LogP contribution is 2.35. The first-order valence-corrected chi connectivity index (χ1v) is 11.9. The molecule has 1 amide bonds. The fourth-order valence-corrected chi connectivity index (χ4v) is 4.52. The Bertz CT molecular complexity index is 1200. The number of benzene rings is 1. The van der Waals surface area contributed by atoms with E-state index in [1.54, 1.807) is 34.1 Å². The number of furan rings is 1. The molecular formula is C21H30BN5O5S. The lowest BCUT2D eigenvalue weighted by molar-refractivity contribution is 0.0826. The Morgan fingerprint density at radius 2 is 1.94 bits per heavy atom. The van der Waals surface area contributed by atoms with Gasteiger partial charge < -0.3 is 19.7 Å². The lowest BCUT2D eigenvalue weighted by Crippen LogP contribution is -2.51. The van der Waals surface area contributed by atoms with Crippen LogP contribution >= 0.6 is 0 Å². The number of nitrogens with zero attached hydrogens (tertiary/aromatic N) is 2. The Hall–Kier alpha value is -2.83. The number of phenolic OH excluding ortho intramolecular Hbond substituents is 1. The molecule has 0 saturated carbocycles. The molecule has 2 atom stereocenters. The van der Waals surface area contributed by atoms with Crippen molar-refractivity contribution in [3.63, 3.8) is 0 Å². The number of amides is 1. The molecule has 1 aliphatic rings. The van der Waals surface area contributed by atoms with Crippen LogP contribution in [0, 0.1) is 12.3 Å². The maximum Gasteiger partial charge on any atom is 0.323 e. The van der Waals surface area contributed by atoms with E-state index in [2.05, 4.69) is 19.8 Å². The Balaban J connectivity index is 1.95. The Morgan fingerprint density at radius 3 is 2.48 bits per heavy atom. The van der Waals surface area contributed by atoms with Gasteiger partial charge in [-0.05, 0) is 30.5 Å². The third kappa shape index (κ3) is 5.40. The Morgan fingerprint density at radius 1 is 1.27 bits per heavy atom. The van der Waals surface area contributed by atoms with E-state index in [9.17, 15) is 18.3 Å². The van der Waals surface area contributed by atoms with E-state index >= 15 is 0 Å². The number of rotatable bonds is 5. The van der Waals surface area contributed by atoms with Crippen LogP contribution in [0.4, 0.5) is 5.69 Å². The van der Waals surface area contributed by atoms with E-state index in [1.807, 2.05) is 39.8 Å². The average molecular weight is 475 g/mol. The highest BCUT2D eigenvalue weighted by Gasteiger charge is 2.38. The lowest BCUT2D eigenvalue weighted by atomic mass is 9.85. The lowest BCUT2D eigenvalue weighted by Gasteiger charge is -2.32. The van der Waals surface area contributed by atoms with Gasteiger partial charge in [0.15, 0.2) is 11.6 Å². The molecule has 1 unspecified atom stereocenters. The number of aromatic hydroxyl groups is 1. The van der Waals surface area contributed by atoms with E-state index in [-0.39, 0.29) is 40.2 Å². The SMILES string of the molecule is Bc1ccc(NC2=NS(=O)(=O)NC2N[C@@H](c2ccc(C)o2)C(C)(C)C)c(O)c1C(=O)N(C)C. The fraction of sp³-hybridized carbons (Fsp3) is 0.429. The minimum absolute atomic E-state index is 0.0370. The van der Waals surface area contributed by atoms with Gasteiger partial charge in [0, 0.05) is 14.1 Å². The van der Waals surface area contributed by atoms with Crippen LogP contribution in [0.1, 0.15) is 48.7 Å². The van der Waals surface area contributed by atoms with Crippen molar-refractivity contribution in [1.29, 1.82) is 0 Å². The fourth-order valence-electron chi connectivity index (χ4n) is 3.58. The van der Waals surface area contributed by atoms with E-state index in [0.29, 0.717) is 11.2 Å². The molecular weight excluding hydrogens is 445 g/mol. The maximum atomic E-state index is 12.5. The smallest absolute Gasteiger partial charge is 0.323 e. The summed E-state index contributed by atoms with van der Waals surface area (Å²) in [4.78, 5) is 13.9. The molecule has 33 heavy (non-hydrogen) atoms. The zero-order valence-electron chi connectivity index (χ0n) is 19.8. The first kappa shape index (κ1) is 24.8. The van der Waals surface area contributed by atoms with Gasteiger partial charge in [-0.25, -0.2) is 0 Å². The van der Waals surface area contributed by atoms with Crippen molar-refractivity contribution in [3.8, 4) is 5.75 Å². The minimum Gasteiger partial charge on any atom is -0.505 e. The van der Waals surface area contributed by atoms with Gasteiger partial charge >= 0.3 is 10.2 Å². The van der Waals surface area contributed by atoms with Gasteiger partial charge in [0.1, 0.15) is 25.5 Å². The number of aryl methyl sites for hydroxylation is 1. The van der Waals surface area contributed by atoms with Crippen LogP contribution in [-0.2, 0) is 10.2 Å². The molecule has 12 heteroatoms. The average Bonchev–Trinajstić information content (AvgIpc) is 3.22. The summed E-state index contributed by atoms with van der Waals surface area (Å²) >= 11 is 0. The van der Waals surface area contributed by atoms with Crippen molar-refractivity contribution < 1.29 is 22.7 Å². The number of amidine groups is 1. The topological polar surface area (TPSA) is 136 Å². The number of hydrogen-bond acceptors (Lipinski definition) is 7. The van der Waals surface area contributed by atoms with Gasteiger partial charge in [0.25, 0.3) is 5.91 Å². The van der Waals surface area contributed by atoms with Crippen LogP contribution < -0.4 is 20.8 Å². The quantitative estimate of drug-likeness (QED) is 0.368. The summed E-state index contributed by atoms with van der Waals surface area (Å²) in [5.41, 5.74) is 0.547. The third-order valence-electron chi connectivity index (χ3n) is 5.27. The minimum atomic E-state index is -3.97. The first-order valence-electron chi connectivity index (χ1n) is 10.5. The zero-order valence-corrected chi connectivity index (χ0v) is 20.7. The summed E-state index contributed by atoms with van der Waals surface area (Å²) in [7, 11) is 0.913. The standard InChI is InChI=1S/C21H30BN5O5S/c1-11-7-10-14(32-11)17(21(2,3)4)24-19-18(25-33(30,31)26-19)23-13-9-8-12(22)15(16(13)28)20(29)27(5)6/h7-10,17,19,24,26,28H,22H2,1-6H3,(H,23,25)/t17-,19?/m0/s1. The molecule has 178 valence electrons. The summed E-state index contributed by atoms with van der Waals surface area (Å²) < 4.78 is 36.6. The normalized spacial score (nSPS) is 18.6. The van der Waals surface area contributed by atoms with Crippen molar-refractivity contribution in [2.24, 2.45) is 9.81 Å². The number of nitrogens with one attached hydrogen (secondary N) is 3. The summed E-state index contributed by atoms with van der Waals surface area (Å²) in [6.07, 6.45) is -0.918. The Labute approximate surface area is 195 Å². The van der Waals surface area contributed by atoms with Crippen molar-refractivity contribution in [2.75, 3.05) is 19.4 Å². The van der Waals surface area contributed by atoms with Crippen molar-refractivity contribution >= 4 is 40.9 Å². The van der Waals surface area contributed by atoms with Crippen molar-refractivity contribution in [1.82, 2.24) is 14.9 Å². The molecule has 1 aromatic heterocycles. The second-order valence-corrected chi connectivity index (χ2v) is 10.8. The molecule has 0 aliphatic carbocycles. The van der Waals surface area contributed by atoms with Crippen LogP contribution in [0.3, 0.4) is 0 Å². The number of carbonyl (C=O) groups excluding carboxylic acids is 1. The largest absolute Gasteiger partial charge is 0.505 e. The molecule has 3 rings (SSSR count). The summed E-state index contributed by atoms with van der Waals surface area (Å²) in [6, 6.07) is 6.56. The molecule has 4 N–H and O–H groups in total. The molecule has 0 saturated heterocycles. The van der Waals surface area contributed by atoms with E-state index < -0.39 is 16.4 Å². The highest BCUT2D eigenvalue weighted by atomic mass is 32.2. The number of hydrogen-bond donors (Lipinski definition) is 4. The summed E-state index contributed by atoms with van der Waals surface area (Å²) in [5, 5.41) is 16.9. The summed E-state index contributed by atoms with van der Waals surface area (Å²) in [6.45, 7) is 7.84. The van der Waals surface area contributed by atoms with Crippen LogP contribution in [0.15, 0.2) is 33.1 Å². The molecule has 1 aliphatic heterocycles. The molecule has 2 aromatic rings. The van der Waals surface area contributed by atoms with Crippen LogP contribution in [0.2, 0.25) is 0 Å². The predicted octanol–water partition coefficient (Wildman–Crippen LogP) is 0.615. The van der Waals surface area contributed by atoms with Gasteiger partial charge in [-0.3, -0.25) is 10.1 Å².